The molecule has 0 radical (unpaired) electrons. The van der Waals surface area contributed by atoms with E-state index >= 15 is 0 Å². The maximum atomic E-state index is 8.84. The minimum atomic E-state index is -1.55. The SMILES string of the molecule is [2H]C([2H])(COCCO)N1CCN(C2=Nc3ccccc3Sc3ccccc32)CC1. The summed E-state index contributed by atoms with van der Waals surface area (Å²) in [6.45, 7) is 1.04. The zero-order valence-electron chi connectivity index (χ0n) is 17.2. The van der Waals surface area contributed by atoms with E-state index in [2.05, 4.69) is 29.2 Å². The van der Waals surface area contributed by atoms with Crippen LogP contribution in [-0.2, 0) is 4.74 Å². The zero-order valence-corrected chi connectivity index (χ0v) is 16.0. The summed E-state index contributed by atoms with van der Waals surface area (Å²) in [7, 11) is 0. The molecule has 142 valence electrons. The smallest absolute Gasteiger partial charge is 0.137 e. The van der Waals surface area contributed by atoms with E-state index in [1.807, 2.05) is 29.2 Å². The van der Waals surface area contributed by atoms with Gasteiger partial charge in [-0.3, -0.25) is 4.90 Å². The minimum absolute atomic E-state index is 0.0403. The first-order valence-corrected chi connectivity index (χ1v) is 10.0. The number of hydrogen-bond donors (Lipinski definition) is 1. The van der Waals surface area contributed by atoms with Crippen LogP contribution in [0.1, 0.15) is 8.30 Å². The quantitative estimate of drug-likeness (QED) is 0.802. The molecular weight excluding hydrogens is 358 g/mol. The molecule has 0 saturated carbocycles. The van der Waals surface area contributed by atoms with Crippen LogP contribution in [0.25, 0.3) is 0 Å². The Hall–Kier alpha value is -1.86. The molecule has 0 aromatic heterocycles. The number of benzene rings is 2. The van der Waals surface area contributed by atoms with Crippen molar-refractivity contribution in [2.75, 3.05) is 52.5 Å². The number of para-hydroxylation sites is 1. The van der Waals surface area contributed by atoms with E-state index in [0.717, 1.165) is 22.0 Å². The number of aliphatic hydroxyl groups is 1. The number of aliphatic imine (C=N–C) groups is 1. The van der Waals surface area contributed by atoms with Crippen LogP contribution < -0.4 is 0 Å². The second kappa shape index (κ2) is 8.89. The summed E-state index contributed by atoms with van der Waals surface area (Å²) in [5.41, 5.74) is 2.09. The van der Waals surface area contributed by atoms with E-state index in [9.17, 15) is 0 Å². The maximum absolute atomic E-state index is 8.84. The predicted molar refractivity (Wildman–Crippen MR) is 109 cm³/mol. The molecular formula is C21H25N3O2S. The topological polar surface area (TPSA) is 48.3 Å². The highest BCUT2D eigenvalue weighted by Crippen LogP contribution is 2.40. The van der Waals surface area contributed by atoms with E-state index in [1.165, 1.54) is 4.90 Å². The van der Waals surface area contributed by atoms with Crippen LogP contribution in [0, 0.1) is 0 Å². The third-order valence-electron chi connectivity index (χ3n) is 4.64. The van der Waals surface area contributed by atoms with E-state index in [1.54, 1.807) is 11.8 Å². The number of aliphatic hydroxyl groups excluding tert-OH is 1. The molecule has 4 rings (SSSR count). The third kappa shape index (κ3) is 4.35. The molecule has 5 nitrogen and oxygen atoms in total. The predicted octanol–water partition coefficient (Wildman–Crippen LogP) is 2.86. The molecule has 2 aromatic carbocycles. The Morgan fingerprint density at radius 3 is 2.56 bits per heavy atom. The van der Waals surface area contributed by atoms with Crippen LogP contribution in [0.3, 0.4) is 0 Å². The van der Waals surface area contributed by atoms with Gasteiger partial charge in [0.15, 0.2) is 0 Å². The minimum Gasteiger partial charge on any atom is -0.394 e. The molecule has 0 aliphatic carbocycles. The fourth-order valence-corrected chi connectivity index (χ4v) is 4.28. The molecule has 0 amide bonds. The normalized spacial score (nSPS) is 18.7. The van der Waals surface area contributed by atoms with Crippen LogP contribution in [-0.4, -0.2) is 73.2 Å². The van der Waals surface area contributed by atoms with Crippen LogP contribution >= 0.6 is 11.8 Å². The van der Waals surface area contributed by atoms with Gasteiger partial charge in [0.25, 0.3) is 0 Å². The van der Waals surface area contributed by atoms with Gasteiger partial charge in [0.1, 0.15) is 5.84 Å². The lowest BCUT2D eigenvalue weighted by Crippen LogP contribution is -2.49. The Kier molecular flexibility index (Phi) is 5.31. The van der Waals surface area contributed by atoms with Gasteiger partial charge in [-0.25, -0.2) is 4.99 Å². The summed E-state index contributed by atoms with van der Waals surface area (Å²) in [5, 5.41) is 8.84. The van der Waals surface area contributed by atoms with Crippen LogP contribution in [0.2, 0.25) is 0 Å². The Morgan fingerprint density at radius 2 is 1.74 bits per heavy atom. The van der Waals surface area contributed by atoms with Crippen molar-refractivity contribution in [3.05, 3.63) is 54.1 Å². The molecule has 1 fully saturated rings. The van der Waals surface area contributed by atoms with E-state index in [-0.39, 0.29) is 19.8 Å². The summed E-state index contributed by atoms with van der Waals surface area (Å²) >= 11 is 1.74. The largest absolute Gasteiger partial charge is 0.394 e. The number of ether oxygens (including phenoxy) is 1. The lowest BCUT2D eigenvalue weighted by Gasteiger charge is -2.36. The summed E-state index contributed by atoms with van der Waals surface area (Å²) in [5.74, 6) is 0.954. The van der Waals surface area contributed by atoms with Crippen molar-refractivity contribution in [3.8, 4) is 0 Å². The highest BCUT2D eigenvalue weighted by Gasteiger charge is 2.24. The molecule has 27 heavy (non-hydrogen) atoms. The first-order valence-electron chi connectivity index (χ1n) is 10.2. The lowest BCUT2D eigenvalue weighted by atomic mass is 10.1. The number of nitrogens with zero attached hydrogens (tertiary/aromatic N) is 3. The van der Waals surface area contributed by atoms with Crippen molar-refractivity contribution in [2.24, 2.45) is 4.99 Å². The number of hydrogen-bond acceptors (Lipinski definition) is 6. The summed E-state index contributed by atoms with van der Waals surface area (Å²) in [4.78, 5) is 11.4. The number of amidine groups is 1. The van der Waals surface area contributed by atoms with Gasteiger partial charge in [0.2, 0.25) is 0 Å². The first-order chi connectivity index (χ1) is 14.1. The fraction of sp³-hybridized carbons (Fsp3) is 0.381. The first kappa shape index (κ1) is 16.1. The molecule has 2 aliphatic rings. The zero-order chi connectivity index (χ0) is 20.3. The van der Waals surface area contributed by atoms with Gasteiger partial charge in [-0.15, -0.1) is 0 Å². The van der Waals surface area contributed by atoms with Gasteiger partial charge < -0.3 is 14.7 Å². The molecule has 0 unspecified atom stereocenters. The Balaban J connectivity index is 1.54. The summed E-state index contributed by atoms with van der Waals surface area (Å²) < 4.78 is 21.8. The average molecular weight is 386 g/mol. The molecule has 2 aliphatic heterocycles. The standard InChI is InChI=1S/C21H25N3O2S/c25-14-16-26-15-13-23-9-11-24(12-10-23)21-17-5-1-3-7-19(17)27-20-8-4-2-6-18(20)22-21/h1-8,25H,9-16H2/i13D2. The average Bonchev–Trinajstić information content (AvgIpc) is 2.91. The van der Waals surface area contributed by atoms with Gasteiger partial charge >= 0.3 is 0 Å². The van der Waals surface area contributed by atoms with Crippen LogP contribution in [0.4, 0.5) is 5.69 Å². The second-order valence-corrected chi connectivity index (χ2v) is 7.49. The second-order valence-electron chi connectivity index (χ2n) is 6.41. The number of fused-ring (bicyclic) bond motifs is 2. The molecule has 6 heteroatoms. The van der Waals surface area contributed by atoms with Gasteiger partial charge in [-0.05, 0) is 18.2 Å². The van der Waals surface area contributed by atoms with E-state index in [0.29, 0.717) is 26.2 Å². The van der Waals surface area contributed by atoms with Gasteiger partial charge in [0, 0.05) is 50.8 Å². The molecule has 0 spiro atoms. The monoisotopic (exact) mass is 385 g/mol. The van der Waals surface area contributed by atoms with Crippen molar-refractivity contribution in [2.45, 2.75) is 9.79 Å². The van der Waals surface area contributed by atoms with Gasteiger partial charge in [-0.1, -0.05) is 42.1 Å². The van der Waals surface area contributed by atoms with Crippen molar-refractivity contribution in [1.82, 2.24) is 9.80 Å². The highest BCUT2D eigenvalue weighted by molar-refractivity contribution is 7.99. The fourth-order valence-electron chi connectivity index (χ4n) is 3.26. The van der Waals surface area contributed by atoms with Crippen molar-refractivity contribution >= 4 is 23.3 Å². The Bertz CT molecular complexity index is 886. The Morgan fingerprint density at radius 1 is 1.00 bits per heavy atom. The number of rotatable bonds is 5. The van der Waals surface area contributed by atoms with Gasteiger partial charge in [0.05, 0.1) is 25.5 Å². The third-order valence-corrected chi connectivity index (χ3v) is 5.79. The Labute approximate surface area is 167 Å². The van der Waals surface area contributed by atoms with Crippen molar-refractivity contribution in [1.29, 1.82) is 0 Å². The maximum Gasteiger partial charge on any atom is 0.137 e. The molecule has 2 aromatic rings. The van der Waals surface area contributed by atoms with Crippen molar-refractivity contribution < 1.29 is 12.6 Å². The highest BCUT2D eigenvalue weighted by atomic mass is 32.2. The van der Waals surface area contributed by atoms with E-state index < -0.39 is 6.50 Å². The summed E-state index contributed by atoms with van der Waals surface area (Å²) in [6, 6.07) is 16.5. The molecule has 1 saturated heterocycles. The van der Waals surface area contributed by atoms with Crippen LogP contribution in [0.15, 0.2) is 63.3 Å². The van der Waals surface area contributed by atoms with Crippen LogP contribution in [0.5, 0.6) is 0 Å². The molecule has 0 bridgehead atoms. The van der Waals surface area contributed by atoms with Crippen molar-refractivity contribution in [3.63, 3.8) is 0 Å². The van der Waals surface area contributed by atoms with Gasteiger partial charge in [-0.2, -0.15) is 0 Å². The lowest BCUT2D eigenvalue weighted by molar-refractivity contribution is 0.0652. The summed E-state index contributed by atoms with van der Waals surface area (Å²) in [6.07, 6.45) is 0. The number of piperazine rings is 1. The molecule has 2 heterocycles. The van der Waals surface area contributed by atoms with E-state index in [4.69, 9.17) is 17.6 Å². The molecule has 0 atom stereocenters. The molecule has 1 N–H and O–H groups in total.